The summed E-state index contributed by atoms with van der Waals surface area (Å²) in [5, 5.41) is 5.37. The highest BCUT2D eigenvalue weighted by atomic mass is 16.2. The number of primary amides is 2. The zero-order chi connectivity index (χ0) is 17.4. The fourth-order valence-corrected chi connectivity index (χ4v) is 2.51. The van der Waals surface area contributed by atoms with Gasteiger partial charge in [-0.05, 0) is 0 Å². The van der Waals surface area contributed by atoms with Crippen LogP contribution in [0.15, 0.2) is 22.8 Å². The molecule has 1 aliphatic carbocycles. The van der Waals surface area contributed by atoms with Gasteiger partial charge >= 0.3 is 0 Å². The van der Waals surface area contributed by atoms with E-state index in [-0.39, 0.29) is 35.9 Å². The molecule has 0 bridgehead atoms. The molecule has 2 saturated heterocycles. The lowest BCUT2D eigenvalue weighted by atomic mass is 9.98. The molecule has 0 unspecified atom stereocenters. The van der Waals surface area contributed by atoms with E-state index in [2.05, 4.69) is 10.6 Å². The minimum atomic E-state index is -0.636. The molecule has 10 nitrogen and oxygen atoms in total. The summed E-state index contributed by atoms with van der Waals surface area (Å²) in [7, 11) is 0. The van der Waals surface area contributed by atoms with Crippen LogP contribution in [0.3, 0.4) is 0 Å². The Morgan fingerprint density at radius 2 is 1.12 bits per heavy atom. The van der Waals surface area contributed by atoms with Gasteiger partial charge in [-0.1, -0.05) is 0 Å². The van der Waals surface area contributed by atoms with Crippen LogP contribution < -0.4 is 22.1 Å². The number of rotatable bonds is 8. The van der Waals surface area contributed by atoms with Gasteiger partial charge in [0.15, 0.2) is 0 Å². The number of nitrogens with zero attached hydrogens (tertiary/aromatic N) is 2. The lowest BCUT2D eigenvalue weighted by molar-refractivity contribution is -0.120. The van der Waals surface area contributed by atoms with E-state index in [0.29, 0.717) is 26.2 Å². The second kappa shape index (κ2) is 5.87. The predicted molar refractivity (Wildman–Crippen MR) is 81.6 cm³/mol. The van der Waals surface area contributed by atoms with Crippen molar-refractivity contribution in [2.45, 2.75) is 0 Å². The third-order valence-electron chi connectivity index (χ3n) is 3.76. The molecule has 2 amide bonds. The minimum Gasteiger partial charge on any atom is -0.371 e. The van der Waals surface area contributed by atoms with Crippen LogP contribution in [-0.2, 0) is 19.2 Å². The molecular formula is C14H18N6O4. The summed E-state index contributed by atoms with van der Waals surface area (Å²) in [6, 6.07) is 0. The highest BCUT2D eigenvalue weighted by molar-refractivity contribution is 6.24. The quantitative estimate of drug-likeness (QED) is 0.262. The summed E-state index contributed by atoms with van der Waals surface area (Å²) in [4.78, 5) is 51.2. The Balaban J connectivity index is 1.96. The molecule has 10 heteroatoms. The van der Waals surface area contributed by atoms with Gasteiger partial charge in [0.2, 0.25) is 23.4 Å². The van der Waals surface area contributed by atoms with Gasteiger partial charge in [0, 0.05) is 26.2 Å². The van der Waals surface area contributed by atoms with Crippen molar-refractivity contribution in [3.05, 3.63) is 22.8 Å². The molecule has 0 saturated carbocycles. The molecule has 3 aliphatic rings. The van der Waals surface area contributed by atoms with E-state index in [9.17, 15) is 19.2 Å². The van der Waals surface area contributed by atoms with E-state index in [1.165, 1.54) is 0 Å². The van der Waals surface area contributed by atoms with Gasteiger partial charge in [-0.25, -0.2) is 0 Å². The molecule has 0 aromatic carbocycles. The molecule has 2 fully saturated rings. The number of hydrogen-bond acceptors (Lipinski definition) is 8. The van der Waals surface area contributed by atoms with Gasteiger partial charge < -0.3 is 31.9 Å². The number of carbonyl (C=O) groups is 4. The lowest BCUT2D eigenvalue weighted by Crippen LogP contribution is -2.43. The van der Waals surface area contributed by atoms with Crippen LogP contribution in [0.4, 0.5) is 0 Å². The lowest BCUT2D eigenvalue weighted by Gasteiger charge is -2.26. The molecule has 3 rings (SSSR count). The molecule has 0 aromatic rings. The summed E-state index contributed by atoms with van der Waals surface area (Å²) in [6.45, 7) is 2.05. The average Bonchev–Trinajstić information content (AvgIpc) is 3.37. The van der Waals surface area contributed by atoms with Crippen LogP contribution in [-0.4, -0.2) is 72.4 Å². The second-order valence-electron chi connectivity index (χ2n) is 5.72. The minimum absolute atomic E-state index is 0.0721. The fraction of sp³-hybridized carbons (Fsp3) is 0.429. The molecule has 24 heavy (non-hydrogen) atoms. The molecule has 2 aliphatic heterocycles. The van der Waals surface area contributed by atoms with E-state index in [4.69, 9.17) is 11.5 Å². The first-order chi connectivity index (χ1) is 11.4. The van der Waals surface area contributed by atoms with Crippen LogP contribution in [0.25, 0.3) is 0 Å². The van der Waals surface area contributed by atoms with Crippen molar-refractivity contribution in [3.63, 3.8) is 0 Å². The van der Waals surface area contributed by atoms with Crippen molar-refractivity contribution in [3.8, 4) is 0 Å². The number of hydrogen-bond donors (Lipinski definition) is 4. The number of amides is 2. The summed E-state index contributed by atoms with van der Waals surface area (Å²) < 4.78 is 0. The molecule has 6 N–H and O–H groups in total. The van der Waals surface area contributed by atoms with E-state index >= 15 is 0 Å². The predicted octanol–water partition coefficient (Wildman–Crippen LogP) is -3.66. The maximum absolute atomic E-state index is 12.9. The van der Waals surface area contributed by atoms with Crippen molar-refractivity contribution in [1.29, 1.82) is 0 Å². The molecule has 0 atom stereocenters. The van der Waals surface area contributed by atoms with Crippen molar-refractivity contribution >= 4 is 23.4 Å². The molecular weight excluding hydrogens is 316 g/mol. The zero-order valence-electron chi connectivity index (χ0n) is 12.9. The fourth-order valence-electron chi connectivity index (χ4n) is 2.51. The number of carbonyl (C=O) groups excluding carboxylic acids is 4. The van der Waals surface area contributed by atoms with Crippen LogP contribution in [0, 0.1) is 0 Å². The average molecular weight is 334 g/mol. The smallest absolute Gasteiger partial charge is 0.236 e. The molecule has 0 radical (unpaired) electrons. The van der Waals surface area contributed by atoms with E-state index < -0.39 is 23.4 Å². The van der Waals surface area contributed by atoms with E-state index in [1.807, 2.05) is 0 Å². The van der Waals surface area contributed by atoms with Gasteiger partial charge in [0.25, 0.3) is 0 Å². The van der Waals surface area contributed by atoms with Crippen molar-refractivity contribution in [2.75, 3.05) is 39.3 Å². The molecule has 128 valence electrons. The van der Waals surface area contributed by atoms with E-state index in [1.54, 1.807) is 9.80 Å². The summed E-state index contributed by atoms with van der Waals surface area (Å²) >= 11 is 0. The largest absolute Gasteiger partial charge is 0.371 e. The first-order valence-electron chi connectivity index (χ1n) is 7.52. The number of nitrogens with one attached hydrogen (secondary N) is 2. The SMILES string of the molecule is NC(=O)CNC1=C(N2CC2)C(=O)C(NCC(N)=O)=C(N2CC2)C1=O. The Labute approximate surface area is 137 Å². The highest BCUT2D eigenvalue weighted by Crippen LogP contribution is 2.32. The number of nitrogens with two attached hydrogens (primary N) is 2. The summed E-state index contributed by atoms with van der Waals surface area (Å²) in [5.74, 6) is -2.07. The van der Waals surface area contributed by atoms with Crippen molar-refractivity contribution in [1.82, 2.24) is 20.4 Å². The van der Waals surface area contributed by atoms with E-state index in [0.717, 1.165) is 0 Å². The third-order valence-corrected chi connectivity index (χ3v) is 3.76. The normalized spacial score (nSPS) is 19.7. The maximum Gasteiger partial charge on any atom is 0.236 e. The number of Topliss-reactive ketones (excluding diaryl/α,β-unsaturated/α-hetero) is 2. The van der Waals surface area contributed by atoms with Crippen molar-refractivity contribution in [2.24, 2.45) is 11.5 Å². The van der Waals surface area contributed by atoms with Crippen LogP contribution in [0.5, 0.6) is 0 Å². The Bertz CT molecular complexity index is 642. The zero-order valence-corrected chi connectivity index (χ0v) is 12.9. The topological polar surface area (TPSA) is 150 Å². The second-order valence-corrected chi connectivity index (χ2v) is 5.72. The molecule has 0 aromatic heterocycles. The Morgan fingerprint density at radius 3 is 1.38 bits per heavy atom. The van der Waals surface area contributed by atoms with Gasteiger partial charge in [-0.2, -0.15) is 0 Å². The van der Waals surface area contributed by atoms with Gasteiger partial charge in [0.1, 0.15) is 22.8 Å². The van der Waals surface area contributed by atoms with Crippen LogP contribution >= 0.6 is 0 Å². The first kappa shape index (κ1) is 15.8. The highest BCUT2D eigenvalue weighted by Gasteiger charge is 2.44. The van der Waals surface area contributed by atoms with Gasteiger partial charge in [-0.3, -0.25) is 19.2 Å². The molecule has 0 spiro atoms. The van der Waals surface area contributed by atoms with Crippen LogP contribution in [0.1, 0.15) is 0 Å². The first-order valence-corrected chi connectivity index (χ1v) is 7.52. The third kappa shape index (κ3) is 3.03. The molecule has 2 heterocycles. The van der Waals surface area contributed by atoms with Crippen LogP contribution in [0.2, 0.25) is 0 Å². The maximum atomic E-state index is 12.9. The van der Waals surface area contributed by atoms with Crippen molar-refractivity contribution < 1.29 is 19.2 Å². The Hall–Kier alpha value is -3.04. The monoisotopic (exact) mass is 334 g/mol. The Morgan fingerprint density at radius 1 is 0.792 bits per heavy atom. The number of ketones is 2. The van der Waals surface area contributed by atoms with Gasteiger partial charge in [-0.15, -0.1) is 0 Å². The summed E-state index contributed by atoms with van der Waals surface area (Å²) in [6.07, 6.45) is 0. The summed E-state index contributed by atoms with van der Waals surface area (Å²) in [5.41, 5.74) is 10.8. The van der Waals surface area contributed by atoms with Gasteiger partial charge in [0.05, 0.1) is 13.1 Å². The standard InChI is InChI=1S/C14H18N6O4/c15-7(21)5-17-9-11(19-1-2-19)13(23)10(18-6-8(16)22)12(14(9)24)20-3-4-20/h17-18H,1-6H2,(H2,15,21)(H2,16,22). The Kier molecular flexibility index (Phi) is 3.87.